The van der Waals surface area contributed by atoms with Gasteiger partial charge in [-0.15, -0.1) is 0 Å². The number of hydrogen-bond acceptors (Lipinski definition) is 3. The van der Waals surface area contributed by atoms with E-state index >= 15 is 0 Å². The lowest BCUT2D eigenvalue weighted by Gasteiger charge is -2.28. The Balaban J connectivity index is 2.09. The third kappa shape index (κ3) is 4.34. The molecule has 1 rings (SSSR count). The van der Waals surface area contributed by atoms with Crippen LogP contribution in [0.15, 0.2) is 0 Å². The first-order chi connectivity index (χ1) is 6.36. The Hall–Kier alpha value is 0.270. The highest BCUT2D eigenvalue weighted by Gasteiger charge is 2.10. The van der Waals surface area contributed by atoms with Crippen molar-refractivity contribution in [3.63, 3.8) is 0 Å². The third-order valence-electron chi connectivity index (χ3n) is 2.73. The number of rotatable bonds is 5. The van der Waals surface area contributed by atoms with Crippen LogP contribution in [-0.2, 0) is 0 Å². The molecular weight excluding hydrogens is 180 g/mol. The van der Waals surface area contributed by atoms with Crippen LogP contribution in [0.4, 0.5) is 0 Å². The Bertz CT molecular complexity index is 120. The molecule has 0 radical (unpaired) electrons. The van der Waals surface area contributed by atoms with Crippen molar-refractivity contribution in [2.45, 2.75) is 13.8 Å². The van der Waals surface area contributed by atoms with Crippen LogP contribution in [0.25, 0.3) is 0 Å². The van der Waals surface area contributed by atoms with Crippen LogP contribution in [0.1, 0.15) is 13.8 Å². The molecule has 1 saturated heterocycles. The normalized spacial score (nSPS) is 19.6. The van der Waals surface area contributed by atoms with Gasteiger partial charge in [0.1, 0.15) is 0 Å². The summed E-state index contributed by atoms with van der Waals surface area (Å²) in [5, 5.41) is 0. The van der Waals surface area contributed by atoms with Crippen LogP contribution in [0.3, 0.4) is 0 Å². The average molecular weight is 202 g/mol. The summed E-state index contributed by atoms with van der Waals surface area (Å²) < 4.78 is 0. The van der Waals surface area contributed by atoms with E-state index in [4.69, 9.17) is 0 Å². The standard InChI is InChI=1S/C10H22N2S/c1-3-11(4-2)5-6-12-7-9-13-10-8-12/h3-10H2,1-2H3. The molecule has 0 aromatic carbocycles. The minimum atomic E-state index is 1.19. The Morgan fingerprint density at radius 2 is 1.77 bits per heavy atom. The summed E-state index contributed by atoms with van der Waals surface area (Å²) in [4.78, 5) is 5.09. The van der Waals surface area contributed by atoms with E-state index < -0.39 is 0 Å². The van der Waals surface area contributed by atoms with E-state index in [9.17, 15) is 0 Å². The fourth-order valence-electron chi connectivity index (χ4n) is 1.65. The molecule has 0 aromatic heterocycles. The Morgan fingerprint density at radius 3 is 2.31 bits per heavy atom. The van der Waals surface area contributed by atoms with Gasteiger partial charge in [0, 0.05) is 37.7 Å². The Morgan fingerprint density at radius 1 is 1.15 bits per heavy atom. The van der Waals surface area contributed by atoms with Gasteiger partial charge in [-0.3, -0.25) is 0 Å². The Kier molecular flexibility index (Phi) is 5.83. The van der Waals surface area contributed by atoms with E-state index in [1.165, 1.54) is 50.8 Å². The zero-order valence-electron chi connectivity index (χ0n) is 8.96. The van der Waals surface area contributed by atoms with E-state index in [0.29, 0.717) is 0 Å². The lowest BCUT2D eigenvalue weighted by molar-refractivity contribution is 0.227. The van der Waals surface area contributed by atoms with E-state index in [0.717, 1.165) is 0 Å². The van der Waals surface area contributed by atoms with Crippen LogP contribution in [0.5, 0.6) is 0 Å². The smallest absolute Gasteiger partial charge is 0.0110 e. The first-order valence-electron chi connectivity index (χ1n) is 5.39. The lowest BCUT2D eigenvalue weighted by Crippen LogP contribution is -2.39. The van der Waals surface area contributed by atoms with Gasteiger partial charge in [0.25, 0.3) is 0 Å². The molecule has 0 aromatic rings. The maximum absolute atomic E-state index is 2.59. The van der Waals surface area contributed by atoms with Crippen molar-refractivity contribution in [2.24, 2.45) is 0 Å². The number of likely N-dealkylation sites (N-methyl/N-ethyl adjacent to an activating group) is 1. The van der Waals surface area contributed by atoms with Gasteiger partial charge in [0.2, 0.25) is 0 Å². The first kappa shape index (κ1) is 11.3. The Labute approximate surface area is 86.7 Å². The minimum Gasteiger partial charge on any atom is -0.303 e. The summed E-state index contributed by atoms with van der Waals surface area (Å²) in [6.07, 6.45) is 0. The highest BCUT2D eigenvalue weighted by atomic mass is 32.2. The van der Waals surface area contributed by atoms with Gasteiger partial charge in [-0.05, 0) is 13.1 Å². The highest BCUT2D eigenvalue weighted by Crippen LogP contribution is 2.08. The molecule has 0 bridgehead atoms. The fourth-order valence-corrected chi connectivity index (χ4v) is 2.63. The molecular formula is C10H22N2S. The van der Waals surface area contributed by atoms with Crippen LogP contribution >= 0.6 is 11.8 Å². The molecule has 0 aliphatic carbocycles. The lowest BCUT2D eigenvalue weighted by atomic mass is 10.4. The summed E-state index contributed by atoms with van der Waals surface area (Å²) in [7, 11) is 0. The van der Waals surface area contributed by atoms with E-state index in [2.05, 4.69) is 35.4 Å². The molecule has 78 valence electrons. The number of hydrogen-bond donors (Lipinski definition) is 0. The number of thioether (sulfide) groups is 1. The van der Waals surface area contributed by atoms with E-state index in [-0.39, 0.29) is 0 Å². The second kappa shape index (κ2) is 6.68. The third-order valence-corrected chi connectivity index (χ3v) is 3.67. The monoisotopic (exact) mass is 202 g/mol. The topological polar surface area (TPSA) is 6.48 Å². The molecule has 0 spiro atoms. The molecule has 0 unspecified atom stereocenters. The van der Waals surface area contributed by atoms with Gasteiger partial charge < -0.3 is 9.80 Å². The fraction of sp³-hybridized carbons (Fsp3) is 1.00. The van der Waals surface area contributed by atoms with Crippen LogP contribution < -0.4 is 0 Å². The maximum Gasteiger partial charge on any atom is 0.0110 e. The second-order valence-electron chi connectivity index (χ2n) is 3.48. The van der Waals surface area contributed by atoms with Crippen molar-refractivity contribution in [2.75, 3.05) is 50.8 Å². The van der Waals surface area contributed by atoms with Crippen LogP contribution in [-0.4, -0.2) is 60.6 Å². The van der Waals surface area contributed by atoms with E-state index in [1.807, 2.05) is 0 Å². The summed E-state index contributed by atoms with van der Waals surface area (Å²) in [6.45, 7) is 12.0. The molecule has 13 heavy (non-hydrogen) atoms. The van der Waals surface area contributed by atoms with Gasteiger partial charge in [-0.25, -0.2) is 0 Å². The van der Waals surface area contributed by atoms with Crippen LogP contribution in [0.2, 0.25) is 0 Å². The summed E-state index contributed by atoms with van der Waals surface area (Å²) >= 11 is 2.09. The molecule has 0 atom stereocenters. The van der Waals surface area contributed by atoms with Gasteiger partial charge in [-0.2, -0.15) is 11.8 Å². The van der Waals surface area contributed by atoms with Gasteiger partial charge >= 0.3 is 0 Å². The molecule has 0 amide bonds. The predicted octanol–water partition coefficient (Wildman–Crippen LogP) is 1.38. The van der Waals surface area contributed by atoms with Gasteiger partial charge in [0.05, 0.1) is 0 Å². The van der Waals surface area contributed by atoms with Crippen molar-refractivity contribution in [3.05, 3.63) is 0 Å². The predicted molar refractivity (Wildman–Crippen MR) is 61.6 cm³/mol. The highest BCUT2D eigenvalue weighted by molar-refractivity contribution is 7.99. The zero-order chi connectivity index (χ0) is 9.52. The molecule has 1 aliphatic heterocycles. The van der Waals surface area contributed by atoms with Crippen molar-refractivity contribution in [3.8, 4) is 0 Å². The molecule has 1 heterocycles. The average Bonchev–Trinajstić information content (AvgIpc) is 2.21. The molecule has 0 saturated carbocycles. The summed E-state index contributed by atoms with van der Waals surface area (Å²) in [5.74, 6) is 2.66. The van der Waals surface area contributed by atoms with Crippen molar-refractivity contribution in [1.82, 2.24) is 9.80 Å². The van der Waals surface area contributed by atoms with Crippen molar-refractivity contribution >= 4 is 11.8 Å². The number of nitrogens with zero attached hydrogens (tertiary/aromatic N) is 2. The summed E-state index contributed by atoms with van der Waals surface area (Å²) in [5.41, 5.74) is 0. The minimum absolute atomic E-state index is 1.19. The van der Waals surface area contributed by atoms with Gasteiger partial charge in [-0.1, -0.05) is 13.8 Å². The van der Waals surface area contributed by atoms with Gasteiger partial charge in [0.15, 0.2) is 0 Å². The SMILES string of the molecule is CCN(CC)CCN1CCSCC1. The molecule has 2 nitrogen and oxygen atoms in total. The first-order valence-corrected chi connectivity index (χ1v) is 6.54. The zero-order valence-corrected chi connectivity index (χ0v) is 9.78. The van der Waals surface area contributed by atoms with E-state index in [1.54, 1.807) is 0 Å². The van der Waals surface area contributed by atoms with Crippen molar-refractivity contribution < 1.29 is 0 Å². The maximum atomic E-state index is 2.59. The largest absolute Gasteiger partial charge is 0.303 e. The summed E-state index contributed by atoms with van der Waals surface area (Å²) in [6, 6.07) is 0. The molecule has 1 fully saturated rings. The molecule has 1 aliphatic rings. The second-order valence-corrected chi connectivity index (χ2v) is 4.71. The molecule has 3 heteroatoms. The molecule has 0 N–H and O–H groups in total. The quantitative estimate of drug-likeness (QED) is 0.665. The van der Waals surface area contributed by atoms with Crippen LogP contribution in [0, 0.1) is 0 Å². The van der Waals surface area contributed by atoms with Crippen molar-refractivity contribution in [1.29, 1.82) is 0 Å².